The van der Waals surface area contributed by atoms with Crippen molar-refractivity contribution in [2.75, 3.05) is 45.5 Å². The molecule has 10 heteroatoms. The van der Waals surface area contributed by atoms with Crippen molar-refractivity contribution >= 4 is 53.3 Å². The van der Waals surface area contributed by atoms with Gasteiger partial charge in [0.05, 0.1) is 6.54 Å². The van der Waals surface area contributed by atoms with Crippen LogP contribution in [0.1, 0.15) is 6.42 Å². The highest BCUT2D eigenvalue weighted by molar-refractivity contribution is 14.0. The van der Waals surface area contributed by atoms with Gasteiger partial charge in [0.25, 0.3) is 0 Å². The number of halogens is 5. The SMILES string of the molecule is CN=C(NCCSc1ccc(Cl)cc1)NCC1CCN(CC(F)(F)F)C1.I. The zero-order valence-corrected chi connectivity index (χ0v) is 19.0. The van der Waals surface area contributed by atoms with Gasteiger partial charge in [0, 0.05) is 42.4 Å². The van der Waals surface area contributed by atoms with Crippen LogP contribution < -0.4 is 10.6 Å². The van der Waals surface area contributed by atoms with E-state index >= 15 is 0 Å². The van der Waals surface area contributed by atoms with Crippen LogP contribution in [-0.2, 0) is 0 Å². The maximum atomic E-state index is 12.4. The van der Waals surface area contributed by atoms with Crippen molar-refractivity contribution < 1.29 is 13.2 Å². The molecule has 0 spiro atoms. The van der Waals surface area contributed by atoms with Gasteiger partial charge in [0.2, 0.25) is 0 Å². The number of benzene rings is 1. The van der Waals surface area contributed by atoms with Crippen LogP contribution >= 0.6 is 47.3 Å². The van der Waals surface area contributed by atoms with Crippen LogP contribution in [0.25, 0.3) is 0 Å². The second-order valence-electron chi connectivity index (χ2n) is 6.19. The minimum atomic E-state index is -4.12. The summed E-state index contributed by atoms with van der Waals surface area (Å²) in [4.78, 5) is 6.77. The van der Waals surface area contributed by atoms with E-state index in [0.717, 1.165) is 28.6 Å². The summed E-state index contributed by atoms with van der Waals surface area (Å²) in [5.74, 6) is 1.75. The topological polar surface area (TPSA) is 39.7 Å². The molecule has 1 atom stereocenters. The van der Waals surface area contributed by atoms with Gasteiger partial charge in [0.15, 0.2) is 5.96 Å². The quantitative estimate of drug-likeness (QED) is 0.181. The monoisotopic (exact) mass is 536 g/mol. The normalized spacial score (nSPS) is 18.3. The average Bonchev–Trinajstić information content (AvgIpc) is 3.01. The lowest BCUT2D eigenvalue weighted by Crippen LogP contribution is -2.41. The summed E-state index contributed by atoms with van der Waals surface area (Å²) in [6.45, 7) is 1.50. The van der Waals surface area contributed by atoms with E-state index in [4.69, 9.17) is 11.6 Å². The number of hydrogen-bond donors (Lipinski definition) is 2. The first-order valence-corrected chi connectivity index (χ1v) is 9.84. The molecular formula is C17H25ClF3IN4S. The predicted octanol–water partition coefficient (Wildman–Crippen LogP) is 4.10. The fraction of sp³-hybridized carbons (Fsp3) is 0.588. The standard InChI is InChI=1S/C17H24ClF3N4S.HI/c1-22-16(23-7-9-26-15-4-2-14(18)3-5-15)24-10-13-6-8-25(11-13)12-17(19,20)21;/h2-5,13H,6-12H2,1H3,(H2,22,23,24);1H. The maximum Gasteiger partial charge on any atom is 0.401 e. The Morgan fingerprint density at radius 1 is 1.30 bits per heavy atom. The van der Waals surface area contributed by atoms with Crippen LogP contribution in [0.5, 0.6) is 0 Å². The second kappa shape index (κ2) is 12.2. The Morgan fingerprint density at radius 2 is 2.00 bits per heavy atom. The molecule has 4 nitrogen and oxygen atoms in total. The lowest BCUT2D eigenvalue weighted by atomic mass is 10.1. The summed E-state index contributed by atoms with van der Waals surface area (Å²) in [6, 6.07) is 7.68. The molecule has 0 aliphatic carbocycles. The van der Waals surface area contributed by atoms with Crippen LogP contribution in [0.3, 0.4) is 0 Å². The third kappa shape index (κ3) is 10.1. The Hall–Kier alpha value is -0.390. The summed E-state index contributed by atoms with van der Waals surface area (Å²) < 4.78 is 37.3. The first-order chi connectivity index (χ1) is 12.4. The molecule has 0 amide bonds. The highest BCUT2D eigenvalue weighted by atomic mass is 127. The van der Waals surface area contributed by atoms with Crippen molar-refractivity contribution in [3.8, 4) is 0 Å². The molecule has 1 saturated heterocycles. The smallest absolute Gasteiger partial charge is 0.356 e. The summed E-state index contributed by atoms with van der Waals surface area (Å²) in [5, 5.41) is 7.15. The first kappa shape index (κ1) is 24.6. The van der Waals surface area contributed by atoms with E-state index in [9.17, 15) is 13.2 Å². The number of hydrogen-bond acceptors (Lipinski definition) is 3. The second-order valence-corrected chi connectivity index (χ2v) is 7.79. The van der Waals surface area contributed by atoms with Crippen molar-refractivity contribution in [1.29, 1.82) is 0 Å². The van der Waals surface area contributed by atoms with Crippen LogP contribution in [-0.4, -0.2) is 62.6 Å². The zero-order chi connectivity index (χ0) is 19.0. The lowest BCUT2D eigenvalue weighted by Gasteiger charge is -2.18. The highest BCUT2D eigenvalue weighted by Crippen LogP contribution is 2.22. The van der Waals surface area contributed by atoms with E-state index < -0.39 is 12.7 Å². The van der Waals surface area contributed by atoms with E-state index in [0.29, 0.717) is 25.6 Å². The molecule has 2 N–H and O–H groups in total. The fourth-order valence-electron chi connectivity index (χ4n) is 2.81. The third-order valence-corrected chi connectivity index (χ3v) is 5.30. The number of rotatable bonds is 7. The van der Waals surface area contributed by atoms with Crippen LogP contribution in [0.2, 0.25) is 5.02 Å². The largest absolute Gasteiger partial charge is 0.401 e. The molecule has 0 radical (unpaired) electrons. The van der Waals surface area contributed by atoms with Crippen LogP contribution in [0, 0.1) is 5.92 Å². The predicted molar refractivity (Wildman–Crippen MR) is 118 cm³/mol. The van der Waals surface area contributed by atoms with Gasteiger partial charge in [-0.15, -0.1) is 35.7 Å². The molecule has 154 valence electrons. The van der Waals surface area contributed by atoms with Gasteiger partial charge < -0.3 is 10.6 Å². The molecule has 0 bridgehead atoms. The zero-order valence-electron chi connectivity index (χ0n) is 15.1. The molecule has 0 aromatic heterocycles. The van der Waals surface area contributed by atoms with Gasteiger partial charge >= 0.3 is 6.18 Å². The lowest BCUT2D eigenvalue weighted by molar-refractivity contribution is -0.143. The van der Waals surface area contributed by atoms with Crippen LogP contribution in [0.15, 0.2) is 34.2 Å². The molecule has 1 fully saturated rings. The summed E-state index contributed by atoms with van der Waals surface area (Å²) in [5.41, 5.74) is 0. The molecule has 1 aliphatic rings. The number of nitrogens with zero attached hydrogens (tertiary/aromatic N) is 2. The maximum absolute atomic E-state index is 12.4. The molecule has 2 rings (SSSR count). The van der Waals surface area contributed by atoms with E-state index in [1.807, 2.05) is 24.3 Å². The number of aliphatic imine (C=N–C) groups is 1. The minimum Gasteiger partial charge on any atom is -0.356 e. The molecule has 27 heavy (non-hydrogen) atoms. The van der Waals surface area contributed by atoms with Gasteiger partial charge in [-0.25, -0.2) is 0 Å². The van der Waals surface area contributed by atoms with Crippen molar-refractivity contribution in [3.05, 3.63) is 29.3 Å². The van der Waals surface area contributed by atoms with Gasteiger partial charge in [0.1, 0.15) is 0 Å². The van der Waals surface area contributed by atoms with E-state index in [1.54, 1.807) is 18.8 Å². The third-order valence-electron chi connectivity index (χ3n) is 4.03. The molecule has 1 aromatic carbocycles. The Labute approximate surface area is 184 Å². The van der Waals surface area contributed by atoms with Crippen molar-refractivity contribution in [2.24, 2.45) is 10.9 Å². The number of likely N-dealkylation sites (tertiary alicyclic amines) is 1. The highest BCUT2D eigenvalue weighted by Gasteiger charge is 2.34. The van der Waals surface area contributed by atoms with Crippen LogP contribution in [0.4, 0.5) is 13.2 Å². The minimum absolute atomic E-state index is 0. The molecule has 1 aromatic rings. The van der Waals surface area contributed by atoms with E-state index in [1.165, 1.54) is 4.90 Å². The van der Waals surface area contributed by atoms with Crippen molar-refractivity contribution in [3.63, 3.8) is 0 Å². The summed E-state index contributed by atoms with van der Waals surface area (Å²) in [6.07, 6.45) is -3.35. The average molecular weight is 537 g/mol. The number of nitrogens with one attached hydrogen (secondary N) is 2. The van der Waals surface area contributed by atoms with Gasteiger partial charge in [-0.1, -0.05) is 11.6 Å². The van der Waals surface area contributed by atoms with Gasteiger partial charge in [-0.05, 0) is 43.1 Å². The Bertz CT molecular complexity index is 587. The molecular weight excluding hydrogens is 512 g/mol. The Kier molecular flexibility index (Phi) is 11.2. The molecule has 1 heterocycles. The summed E-state index contributed by atoms with van der Waals surface area (Å²) in [7, 11) is 1.69. The Morgan fingerprint density at radius 3 is 2.63 bits per heavy atom. The van der Waals surface area contributed by atoms with E-state index in [2.05, 4.69) is 15.6 Å². The molecule has 1 aliphatic heterocycles. The van der Waals surface area contributed by atoms with Gasteiger partial charge in [-0.3, -0.25) is 9.89 Å². The van der Waals surface area contributed by atoms with Crippen molar-refractivity contribution in [2.45, 2.75) is 17.5 Å². The molecule has 0 saturated carbocycles. The fourth-order valence-corrected chi connectivity index (χ4v) is 3.70. The summed E-state index contributed by atoms with van der Waals surface area (Å²) >= 11 is 7.57. The molecule has 1 unspecified atom stereocenters. The first-order valence-electron chi connectivity index (χ1n) is 8.48. The van der Waals surface area contributed by atoms with E-state index in [-0.39, 0.29) is 29.9 Å². The number of thioether (sulfide) groups is 1. The number of alkyl halides is 3. The van der Waals surface area contributed by atoms with Crippen molar-refractivity contribution in [1.82, 2.24) is 15.5 Å². The Balaban J connectivity index is 0.00000364. The number of guanidine groups is 1. The van der Waals surface area contributed by atoms with Gasteiger partial charge in [-0.2, -0.15) is 13.2 Å².